The van der Waals surface area contributed by atoms with Crippen molar-refractivity contribution >= 4 is 17.1 Å². The van der Waals surface area contributed by atoms with Crippen molar-refractivity contribution in [3.8, 4) is 0 Å². The number of aryl methyl sites for hydroxylation is 4. The molecule has 1 N–H and O–H groups in total. The second kappa shape index (κ2) is 11.3. The number of halogens is 1. The second-order valence-corrected chi connectivity index (χ2v) is 10.2. The average molecular weight is 503 g/mol. The van der Waals surface area contributed by atoms with Gasteiger partial charge in [-0.15, -0.1) is 0 Å². The third-order valence-electron chi connectivity index (χ3n) is 7.08. The number of pyridine rings is 1. The number of rotatable bonds is 8. The SMILES string of the molecule is CC(=NCCC1CC(OC(O)C2C=CC(F)=CC2)=C(c2c(C)cc(C)cc2C)C1=O)c1ccc(C)cn1. The predicted octanol–water partition coefficient (Wildman–Crippen LogP) is 6.28. The Morgan fingerprint density at radius 3 is 2.54 bits per heavy atom. The Morgan fingerprint density at radius 2 is 1.92 bits per heavy atom. The van der Waals surface area contributed by atoms with Crippen molar-refractivity contribution in [2.24, 2.45) is 16.8 Å². The van der Waals surface area contributed by atoms with Gasteiger partial charge < -0.3 is 9.84 Å². The molecule has 0 aliphatic heterocycles. The number of Topliss-reactive ketones (excluding diaryl/α,β-unsaturated/α-hetero) is 1. The Labute approximate surface area is 218 Å². The summed E-state index contributed by atoms with van der Waals surface area (Å²) >= 11 is 0. The molecule has 1 aromatic heterocycles. The molecule has 3 atom stereocenters. The summed E-state index contributed by atoms with van der Waals surface area (Å²) in [5.41, 5.74) is 7.28. The monoisotopic (exact) mass is 502 g/mol. The largest absolute Gasteiger partial charge is 0.468 e. The van der Waals surface area contributed by atoms with Gasteiger partial charge in [0.15, 0.2) is 5.78 Å². The van der Waals surface area contributed by atoms with Gasteiger partial charge in [-0.3, -0.25) is 14.8 Å². The maximum Gasteiger partial charge on any atom is 0.203 e. The Balaban J connectivity index is 1.56. The molecule has 0 saturated carbocycles. The second-order valence-electron chi connectivity index (χ2n) is 10.2. The summed E-state index contributed by atoms with van der Waals surface area (Å²) in [6.07, 6.45) is 6.35. The average Bonchev–Trinajstić information content (AvgIpc) is 3.14. The highest BCUT2D eigenvalue weighted by Crippen LogP contribution is 2.41. The van der Waals surface area contributed by atoms with Crippen LogP contribution >= 0.6 is 0 Å². The highest BCUT2D eigenvalue weighted by atomic mass is 19.1. The van der Waals surface area contributed by atoms with Gasteiger partial charge in [-0.25, -0.2) is 4.39 Å². The first-order valence-electron chi connectivity index (χ1n) is 12.8. The number of aliphatic hydroxyl groups excluding tert-OH is 1. The molecule has 2 aliphatic rings. The van der Waals surface area contributed by atoms with Gasteiger partial charge in [0.1, 0.15) is 11.6 Å². The summed E-state index contributed by atoms with van der Waals surface area (Å²) in [4.78, 5) is 22.8. The smallest absolute Gasteiger partial charge is 0.203 e. The van der Waals surface area contributed by atoms with Crippen LogP contribution in [0.5, 0.6) is 0 Å². The number of carbonyl (C=O) groups excluding carboxylic acids is 1. The molecule has 194 valence electrons. The molecule has 5 nitrogen and oxygen atoms in total. The number of aliphatic hydroxyl groups is 1. The molecule has 1 heterocycles. The van der Waals surface area contributed by atoms with Gasteiger partial charge >= 0.3 is 0 Å². The van der Waals surface area contributed by atoms with Crippen molar-refractivity contribution in [1.82, 2.24) is 4.98 Å². The Bertz CT molecular complexity index is 1280. The van der Waals surface area contributed by atoms with E-state index in [4.69, 9.17) is 4.74 Å². The number of allylic oxidation sites excluding steroid dienone is 5. The van der Waals surface area contributed by atoms with E-state index in [0.717, 1.165) is 39.2 Å². The number of ketones is 1. The standard InChI is InChI=1S/C31H35FN2O3/c1-18-6-11-26(34-17-18)22(5)33-13-12-24-16-27(37-31(36)23-7-9-25(32)10-8-23)29(30(24)35)28-20(3)14-19(2)15-21(28)4/h6-7,9-11,14-15,17,23-24,31,36H,8,12-13,16H2,1-5H3. The molecule has 37 heavy (non-hydrogen) atoms. The number of ether oxygens (including phenoxy) is 1. The fourth-order valence-corrected chi connectivity index (χ4v) is 5.14. The number of hydrogen-bond acceptors (Lipinski definition) is 5. The van der Waals surface area contributed by atoms with E-state index in [2.05, 4.69) is 22.1 Å². The van der Waals surface area contributed by atoms with Crippen molar-refractivity contribution in [3.63, 3.8) is 0 Å². The van der Waals surface area contributed by atoms with Crippen molar-refractivity contribution in [2.75, 3.05) is 6.54 Å². The minimum atomic E-state index is -1.17. The highest BCUT2D eigenvalue weighted by molar-refractivity contribution is 6.25. The lowest BCUT2D eigenvalue weighted by molar-refractivity contribution is -0.116. The molecule has 0 bridgehead atoms. The molecule has 6 heteroatoms. The van der Waals surface area contributed by atoms with E-state index in [-0.39, 0.29) is 23.4 Å². The summed E-state index contributed by atoms with van der Waals surface area (Å²) < 4.78 is 19.5. The van der Waals surface area contributed by atoms with Crippen LogP contribution in [0.2, 0.25) is 0 Å². The van der Waals surface area contributed by atoms with E-state index in [9.17, 15) is 14.3 Å². The minimum Gasteiger partial charge on any atom is -0.468 e. The maximum absolute atomic E-state index is 13.7. The minimum absolute atomic E-state index is 0.0173. The summed E-state index contributed by atoms with van der Waals surface area (Å²) in [6.45, 7) is 10.4. The zero-order valence-electron chi connectivity index (χ0n) is 22.2. The van der Waals surface area contributed by atoms with Gasteiger partial charge in [0.2, 0.25) is 6.29 Å². The van der Waals surface area contributed by atoms with Gasteiger partial charge in [-0.05, 0) is 87.9 Å². The first kappa shape index (κ1) is 26.7. The van der Waals surface area contributed by atoms with Crippen molar-refractivity contribution in [1.29, 1.82) is 0 Å². The molecule has 3 unspecified atom stereocenters. The van der Waals surface area contributed by atoms with E-state index in [1.807, 2.05) is 52.9 Å². The fourth-order valence-electron chi connectivity index (χ4n) is 5.14. The first-order valence-corrected chi connectivity index (χ1v) is 12.8. The van der Waals surface area contributed by atoms with Gasteiger partial charge in [0, 0.05) is 31.0 Å². The Hall–Kier alpha value is -3.38. The predicted molar refractivity (Wildman–Crippen MR) is 145 cm³/mol. The first-order chi connectivity index (χ1) is 17.6. The van der Waals surface area contributed by atoms with Crippen LogP contribution in [0.1, 0.15) is 59.7 Å². The highest BCUT2D eigenvalue weighted by Gasteiger charge is 2.37. The van der Waals surface area contributed by atoms with Crippen LogP contribution in [-0.2, 0) is 9.53 Å². The van der Waals surface area contributed by atoms with Gasteiger partial charge in [0.05, 0.1) is 17.0 Å². The quantitative estimate of drug-likeness (QED) is 0.341. The fraction of sp³-hybridized carbons (Fsp3) is 0.387. The van der Waals surface area contributed by atoms with Gasteiger partial charge in [-0.1, -0.05) is 29.8 Å². The van der Waals surface area contributed by atoms with Crippen LogP contribution in [-0.4, -0.2) is 34.4 Å². The van der Waals surface area contributed by atoms with E-state index < -0.39 is 6.29 Å². The lowest BCUT2D eigenvalue weighted by Crippen LogP contribution is -2.23. The van der Waals surface area contributed by atoms with Crippen LogP contribution in [0.15, 0.2) is 65.3 Å². The molecule has 1 aromatic carbocycles. The summed E-state index contributed by atoms with van der Waals surface area (Å²) in [5.74, 6) is -0.469. The van der Waals surface area contributed by atoms with Crippen LogP contribution < -0.4 is 0 Å². The number of hydrogen-bond donors (Lipinski definition) is 1. The third kappa shape index (κ3) is 6.13. The van der Waals surface area contributed by atoms with Crippen LogP contribution in [0.4, 0.5) is 4.39 Å². The number of aromatic nitrogens is 1. The Morgan fingerprint density at radius 1 is 1.19 bits per heavy atom. The number of carbonyl (C=O) groups is 1. The normalized spacial score (nSPS) is 20.9. The molecule has 0 fully saturated rings. The summed E-state index contributed by atoms with van der Waals surface area (Å²) in [5, 5.41) is 10.8. The number of nitrogens with zero attached hydrogens (tertiary/aromatic N) is 2. The molecule has 0 radical (unpaired) electrons. The number of aliphatic imine (C=N–C) groups is 1. The molecule has 0 spiro atoms. The van der Waals surface area contributed by atoms with E-state index in [0.29, 0.717) is 37.1 Å². The zero-order valence-corrected chi connectivity index (χ0v) is 22.2. The molecular formula is C31H35FN2O3. The topological polar surface area (TPSA) is 71.8 Å². The molecule has 2 aliphatic carbocycles. The van der Waals surface area contributed by atoms with Crippen molar-refractivity contribution in [3.05, 3.63) is 93.8 Å². The van der Waals surface area contributed by atoms with E-state index >= 15 is 0 Å². The zero-order chi connectivity index (χ0) is 26.7. The van der Waals surface area contributed by atoms with E-state index in [1.165, 1.54) is 12.2 Å². The molecule has 0 saturated heterocycles. The lowest BCUT2D eigenvalue weighted by atomic mass is 9.90. The van der Waals surface area contributed by atoms with Gasteiger partial charge in [-0.2, -0.15) is 0 Å². The third-order valence-corrected chi connectivity index (χ3v) is 7.08. The lowest BCUT2D eigenvalue weighted by Gasteiger charge is -2.23. The van der Waals surface area contributed by atoms with Crippen molar-refractivity contribution in [2.45, 2.75) is 60.2 Å². The van der Waals surface area contributed by atoms with Crippen LogP contribution in [0.25, 0.3) is 5.57 Å². The van der Waals surface area contributed by atoms with E-state index in [1.54, 1.807) is 6.08 Å². The van der Waals surface area contributed by atoms with Crippen LogP contribution in [0, 0.1) is 39.5 Å². The van der Waals surface area contributed by atoms with Crippen molar-refractivity contribution < 1.29 is 19.0 Å². The molecule has 0 amide bonds. The molecule has 2 aromatic rings. The number of benzene rings is 1. The van der Waals surface area contributed by atoms with Crippen LogP contribution in [0.3, 0.4) is 0 Å². The van der Waals surface area contributed by atoms with Gasteiger partial charge in [0.25, 0.3) is 0 Å². The molecular weight excluding hydrogens is 467 g/mol. The summed E-state index contributed by atoms with van der Waals surface area (Å²) in [7, 11) is 0. The summed E-state index contributed by atoms with van der Waals surface area (Å²) in [6, 6.07) is 8.07. The maximum atomic E-state index is 13.7. The molecule has 4 rings (SSSR count). The Kier molecular flexibility index (Phi) is 8.18.